The van der Waals surface area contributed by atoms with Crippen LogP contribution in [0.5, 0.6) is 5.75 Å². The van der Waals surface area contributed by atoms with E-state index in [1.807, 2.05) is 0 Å². The summed E-state index contributed by atoms with van der Waals surface area (Å²) in [6, 6.07) is 3.07. The summed E-state index contributed by atoms with van der Waals surface area (Å²) >= 11 is 3.14. The van der Waals surface area contributed by atoms with Crippen LogP contribution >= 0.6 is 15.9 Å². The van der Waals surface area contributed by atoms with Crippen LogP contribution in [0, 0.1) is 5.82 Å². The highest BCUT2D eigenvalue weighted by Crippen LogP contribution is 2.27. The van der Waals surface area contributed by atoms with Crippen molar-refractivity contribution in [3.8, 4) is 5.75 Å². The molecule has 0 spiro atoms. The Bertz CT molecular complexity index is 421. The Morgan fingerprint density at radius 1 is 1.39 bits per heavy atom. The number of rotatable bonds is 7. The van der Waals surface area contributed by atoms with E-state index in [2.05, 4.69) is 15.9 Å². The van der Waals surface area contributed by atoms with Crippen molar-refractivity contribution < 1.29 is 19.0 Å². The van der Waals surface area contributed by atoms with E-state index >= 15 is 0 Å². The van der Waals surface area contributed by atoms with Gasteiger partial charge in [-0.1, -0.05) is 6.42 Å². The summed E-state index contributed by atoms with van der Waals surface area (Å²) in [7, 11) is 1.51. The van der Waals surface area contributed by atoms with Crippen LogP contribution in [0.4, 0.5) is 4.39 Å². The summed E-state index contributed by atoms with van der Waals surface area (Å²) < 4.78 is 18.8. The molecule has 0 aromatic heterocycles. The van der Waals surface area contributed by atoms with E-state index in [1.54, 1.807) is 6.07 Å². The highest BCUT2D eigenvalue weighted by molar-refractivity contribution is 9.10. The fourth-order valence-corrected chi connectivity index (χ4v) is 2.11. The molecule has 18 heavy (non-hydrogen) atoms. The van der Waals surface area contributed by atoms with Crippen LogP contribution in [0.2, 0.25) is 0 Å². The van der Waals surface area contributed by atoms with Crippen molar-refractivity contribution in [2.24, 2.45) is 0 Å². The molecule has 0 fully saturated rings. The first-order valence-corrected chi connectivity index (χ1v) is 6.57. The number of aryl methyl sites for hydroxylation is 1. The second-order valence-corrected chi connectivity index (χ2v) is 4.89. The number of carboxylic acid groups (broad SMARTS) is 1. The van der Waals surface area contributed by atoms with Crippen LogP contribution in [-0.2, 0) is 11.2 Å². The van der Waals surface area contributed by atoms with Gasteiger partial charge in [-0.15, -0.1) is 0 Å². The molecule has 0 radical (unpaired) electrons. The van der Waals surface area contributed by atoms with Crippen LogP contribution < -0.4 is 4.74 Å². The van der Waals surface area contributed by atoms with Crippen LogP contribution in [-0.4, -0.2) is 18.2 Å². The molecular weight excluding hydrogens is 303 g/mol. The number of benzene rings is 1. The molecule has 0 saturated heterocycles. The maximum Gasteiger partial charge on any atom is 0.303 e. The Hall–Kier alpha value is -1.10. The molecule has 0 bridgehead atoms. The largest absolute Gasteiger partial charge is 0.496 e. The van der Waals surface area contributed by atoms with Crippen molar-refractivity contribution in [1.82, 2.24) is 0 Å². The first-order chi connectivity index (χ1) is 8.54. The quantitative estimate of drug-likeness (QED) is 0.778. The van der Waals surface area contributed by atoms with Crippen LogP contribution in [0.25, 0.3) is 0 Å². The second kappa shape index (κ2) is 7.36. The molecular formula is C13H16BrFO3. The highest BCUT2D eigenvalue weighted by atomic mass is 79.9. The lowest BCUT2D eigenvalue weighted by Gasteiger charge is -2.09. The van der Waals surface area contributed by atoms with Gasteiger partial charge in [0.2, 0.25) is 0 Å². The van der Waals surface area contributed by atoms with E-state index < -0.39 is 5.97 Å². The predicted octanol–water partition coefficient (Wildman–Crippen LogP) is 3.78. The summed E-state index contributed by atoms with van der Waals surface area (Å²) in [5.74, 6) is -0.576. The number of aliphatic carboxylic acids is 1. The van der Waals surface area contributed by atoms with Crippen molar-refractivity contribution in [3.63, 3.8) is 0 Å². The second-order valence-electron chi connectivity index (χ2n) is 4.03. The van der Waals surface area contributed by atoms with Gasteiger partial charge in [0.1, 0.15) is 11.6 Å². The minimum atomic E-state index is -0.767. The summed E-state index contributed by atoms with van der Waals surface area (Å²) in [5, 5.41) is 8.51. The van der Waals surface area contributed by atoms with E-state index in [-0.39, 0.29) is 12.2 Å². The van der Waals surface area contributed by atoms with E-state index in [0.29, 0.717) is 16.6 Å². The minimum absolute atomic E-state index is 0.199. The van der Waals surface area contributed by atoms with Gasteiger partial charge in [-0.05, 0) is 46.8 Å². The number of carbonyl (C=O) groups is 1. The summed E-state index contributed by atoms with van der Waals surface area (Å²) in [6.07, 6.45) is 3.32. The number of ether oxygens (including phenoxy) is 1. The van der Waals surface area contributed by atoms with Gasteiger partial charge in [0.15, 0.2) is 0 Å². The number of carboxylic acids is 1. The fraction of sp³-hybridized carbons (Fsp3) is 0.462. The number of halogens is 2. The molecule has 1 N–H and O–H groups in total. The van der Waals surface area contributed by atoms with E-state index in [4.69, 9.17) is 9.84 Å². The van der Waals surface area contributed by atoms with Crippen molar-refractivity contribution in [2.45, 2.75) is 32.1 Å². The molecule has 100 valence electrons. The SMILES string of the molecule is COc1cc(F)c(Br)cc1CCCCCC(=O)O. The third kappa shape index (κ3) is 4.64. The lowest BCUT2D eigenvalue weighted by molar-refractivity contribution is -0.137. The van der Waals surface area contributed by atoms with Crippen molar-refractivity contribution >= 4 is 21.9 Å². The van der Waals surface area contributed by atoms with Gasteiger partial charge in [0.25, 0.3) is 0 Å². The first kappa shape index (κ1) is 15.0. The van der Waals surface area contributed by atoms with E-state index in [1.165, 1.54) is 13.2 Å². The Morgan fingerprint density at radius 2 is 2.11 bits per heavy atom. The smallest absolute Gasteiger partial charge is 0.303 e. The van der Waals surface area contributed by atoms with Crippen LogP contribution in [0.15, 0.2) is 16.6 Å². The Labute approximate surface area is 114 Å². The van der Waals surface area contributed by atoms with Crippen LogP contribution in [0.1, 0.15) is 31.2 Å². The zero-order chi connectivity index (χ0) is 13.5. The lowest BCUT2D eigenvalue weighted by atomic mass is 10.1. The molecule has 0 atom stereocenters. The molecule has 0 unspecified atom stereocenters. The van der Waals surface area contributed by atoms with Gasteiger partial charge in [-0.2, -0.15) is 0 Å². The van der Waals surface area contributed by atoms with Gasteiger partial charge in [-0.25, -0.2) is 4.39 Å². The van der Waals surface area contributed by atoms with Crippen molar-refractivity contribution in [1.29, 1.82) is 0 Å². The predicted molar refractivity (Wildman–Crippen MR) is 70.5 cm³/mol. The molecule has 0 aliphatic carbocycles. The van der Waals surface area contributed by atoms with Gasteiger partial charge in [0.05, 0.1) is 11.6 Å². The third-order valence-corrected chi connectivity index (χ3v) is 3.27. The van der Waals surface area contributed by atoms with Gasteiger partial charge in [-0.3, -0.25) is 4.79 Å². The molecule has 0 aliphatic rings. The van der Waals surface area contributed by atoms with E-state index in [0.717, 1.165) is 24.8 Å². The maximum absolute atomic E-state index is 13.3. The monoisotopic (exact) mass is 318 g/mol. The van der Waals surface area contributed by atoms with Gasteiger partial charge in [0, 0.05) is 12.5 Å². The number of hydrogen-bond donors (Lipinski definition) is 1. The molecule has 0 heterocycles. The van der Waals surface area contributed by atoms with Gasteiger partial charge < -0.3 is 9.84 Å². The molecule has 1 rings (SSSR count). The Kier molecular flexibility index (Phi) is 6.12. The van der Waals surface area contributed by atoms with E-state index in [9.17, 15) is 9.18 Å². The summed E-state index contributed by atoms with van der Waals surface area (Å²) in [5.41, 5.74) is 0.932. The fourth-order valence-electron chi connectivity index (χ4n) is 1.72. The molecule has 1 aromatic rings. The zero-order valence-corrected chi connectivity index (χ0v) is 11.8. The normalized spacial score (nSPS) is 10.4. The molecule has 0 amide bonds. The lowest BCUT2D eigenvalue weighted by Crippen LogP contribution is -1.96. The van der Waals surface area contributed by atoms with Gasteiger partial charge >= 0.3 is 5.97 Å². The van der Waals surface area contributed by atoms with Crippen molar-refractivity contribution in [2.75, 3.05) is 7.11 Å². The average molecular weight is 319 g/mol. The summed E-state index contributed by atoms with van der Waals surface area (Å²) in [4.78, 5) is 10.3. The Balaban J connectivity index is 2.51. The summed E-state index contributed by atoms with van der Waals surface area (Å²) in [6.45, 7) is 0. The van der Waals surface area contributed by atoms with Crippen LogP contribution in [0.3, 0.4) is 0 Å². The number of hydrogen-bond acceptors (Lipinski definition) is 2. The van der Waals surface area contributed by atoms with Crippen molar-refractivity contribution in [3.05, 3.63) is 28.0 Å². The number of unbranched alkanes of at least 4 members (excludes halogenated alkanes) is 2. The topological polar surface area (TPSA) is 46.5 Å². The third-order valence-electron chi connectivity index (χ3n) is 2.66. The highest BCUT2D eigenvalue weighted by Gasteiger charge is 2.08. The Morgan fingerprint density at radius 3 is 2.72 bits per heavy atom. The maximum atomic E-state index is 13.3. The average Bonchev–Trinajstić information content (AvgIpc) is 2.32. The number of methoxy groups -OCH3 is 1. The molecule has 0 aliphatic heterocycles. The standard InChI is InChI=1S/C13H16BrFO3/c1-18-12-8-11(15)10(14)7-9(12)5-3-2-4-6-13(16)17/h7-8H,2-6H2,1H3,(H,16,17). The molecule has 3 nitrogen and oxygen atoms in total. The first-order valence-electron chi connectivity index (χ1n) is 5.78. The zero-order valence-electron chi connectivity index (χ0n) is 10.2. The molecule has 0 saturated carbocycles. The molecule has 5 heteroatoms. The molecule has 1 aromatic carbocycles. The minimum Gasteiger partial charge on any atom is -0.496 e.